The number of rotatable bonds is 6. The highest BCUT2D eigenvalue weighted by molar-refractivity contribution is 7.98. The fourth-order valence-electron chi connectivity index (χ4n) is 2.50. The summed E-state index contributed by atoms with van der Waals surface area (Å²) in [6.45, 7) is 0. The van der Waals surface area contributed by atoms with Gasteiger partial charge in [0.1, 0.15) is 21.2 Å². The molecule has 0 saturated carbocycles. The van der Waals surface area contributed by atoms with Crippen molar-refractivity contribution in [2.24, 2.45) is 0 Å². The summed E-state index contributed by atoms with van der Waals surface area (Å²) in [6.07, 6.45) is 1.62. The highest BCUT2D eigenvalue weighted by atomic mass is 32.2. The van der Waals surface area contributed by atoms with Crippen LogP contribution in [0.5, 0.6) is 11.5 Å². The second-order valence-corrected chi connectivity index (χ2v) is 8.04. The fraction of sp³-hybridized carbons (Fsp3) is 0.167. The van der Waals surface area contributed by atoms with Gasteiger partial charge in [-0.15, -0.1) is 22.7 Å². The van der Waals surface area contributed by atoms with E-state index in [-0.39, 0.29) is 0 Å². The van der Waals surface area contributed by atoms with Gasteiger partial charge < -0.3 is 9.47 Å². The van der Waals surface area contributed by atoms with Crippen molar-refractivity contribution >= 4 is 44.7 Å². The third-order valence-corrected chi connectivity index (χ3v) is 6.56. The Bertz CT molecular complexity index is 1050. The van der Waals surface area contributed by atoms with Crippen LogP contribution in [0, 0.1) is 0 Å². The lowest BCUT2D eigenvalue weighted by Crippen LogP contribution is -1.91. The summed E-state index contributed by atoms with van der Waals surface area (Å²) >= 11 is 4.94. The molecule has 0 aliphatic rings. The molecule has 26 heavy (non-hydrogen) atoms. The molecule has 1 aromatic carbocycles. The molecule has 4 aromatic rings. The molecule has 0 fully saturated rings. The van der Waals surface area contributed by atoms with E-state index in [1.165, 1.54) is 0 Å². The molecule has 0 bridgehead atoms. The lowest BCUT2D eigenvalue weighted by Gasteiger charge is -2.08. The monoisotopic (exact) mass is 401 g/mol. The van der Waals surface area contributed by atoms with Crippen LogP contribution in [0.4, 0.5) is 0 Å². The summed E-state index contributed by atoms with van der Waals surface area (Å²) in [5, 5.41) is 7.20. The van der Waals surface area contributed by atoms with E-state index in [9.17, 15) is 0 Å². The molecule has 132 valence electrons. The van der Waals surface area contributed by atoms with Gasteiger partial charge in [-0.25, -0.2) is 15.0 Å². The van der Waals surface area contributed by atoms with Gasteiger partial charge in [-0.3, -0.25) is 0 Å². The number of aromatic nitrogens is 3. The van der Waals surface area contributed by atoms with Crippen LogP contribution in [0.2, 0.25) is 0 Å². The topological polar surface area (TPSA) is 57.1 Å². The Labute approximate surface area is 163 Å². The smallest absolute Gasteiger partial charge is 0.161 e. The number of nitrogens with zero attached hydrogens (tertiary/aromatic N) is 3. The Morgan fingerprint density at radius 1 is 1.04 bits per heavy atom. The van der Waals surface area contributed by atoms with Gasteiger partial charge in [0.15, 0.2) is 11.5 Å². The first kappa shape index (κ1) is 17.3. The second-order valence-electron chi connectivity index (χ2n) is 5.32. The van der Waals surface area contributed by atoms with Crippen molar-refractivity contribution in [1.29, 1.82) is 0 Å². The SMILES string of the molecule is COc1ccc(-c2nc(CSc3ncnc4sccc34)cs2)cc1OC. The van der Waals surface area contributed by atoms with Gasteiger partial charge in [0, 0.05) is 22.1 Å². The number of thiazole rings is 1. The lowest BCUT2D eigenvalue weighted by molar-refractivity contribution is 0.355. The zero-order chi connectivity index (χ0) is 17.9. The molecular weight excluding hydrogens is 386 g/mol. The van der Waals surface area contributed by atoms with Crippen LogP contribution in [0.1, 0.15) is 5.69 Å². The molecule has 8 heteroatoms. The van der Waals surface area contributed by atoms with Crippen molar-refractivity contribution in [3.63, 3.8) is 0 Å². The van der Waals surface area contributed by atoms with Crippen molar-refractivity contribution in [2.45, 2.75) is 10.8 Å². The molecule has 3 heterocycles. The second kappa shape index (κ2) is 7.61. The first-order chi connectivity index (χ1) is 12.8. The number of thioether (sulfide) groups is 1. The van der Waals surface area contributed by atoms with Crippen LogP contribution in [-0.2, 0) is 5.75 Å². The summed E-state index contributed by atoms with van der Waals surface area (Å²) in [7, 11) is 3.27. The van der Waals surface area contributed by atoms with Gasteiger partial charge in [-0.05, 0) is 29.6 Å². The Hall–Kier alpha value is -2.16. The number of benzene rings is 1. The zero-order valence-corrected chi connectivity index (χ0v) is 16.6. The van der Waals surface area contributed by atoms with Crippen LogP contribution >= 0.6 is 34.4 Å². The van der Waals surface area contributed by atoms with Gasteiger partial charge in [0.05, 0.1) is 19.9 Å². The van der Waals surface area contributed by atoms with Gasteiger partial charge in [0.2, 0.25) is 0 Å². The predicted octanol–water partition coefficient (Wildman–Crippen LogP) is 5.12. The first-order valence-electron chi connectivity index (χ1n) is 7.76. The van der Waals surface area contributed by atoms with E-state index in [4.69, 9.17) is 14.5 Å². The molecule has 0 atom stereocenters. The van der Waals surface area contributed by atoms with Gasteiger partial charge in [-0.2, -0.15) is 0 Å². The summed E-state index contributed by atoms with van der Waals surface area (Å²) in [4.78, 5) is 14.5. The minimum atomic E-state index is 0.706. The van der Waals surface area contributed by atoms with E-state index >= 15 is 0 Å². The van der Waals surface area contributed by atoms with Crippen molar-refractivity contribution in [3.8, 4) is 22.1 Å². The van der Waals surface area contributed by atoms with E-state index in [0.717, 1.165) is 37.3 Å². The Balaban J connectivity index is 1.52. The van der Waals surface area contributed by atoms with Crippen molar-refractivity contribution < 1.29 is 9.47 Å². The van der Waals surface area contributed by atoms with Gasteiger partial charge in [0.25, 0.3) is 0 Å². The minimum absolute atomic E-state index is 0.706. The molecule has 0 spiro atoms. The van der Waals surface area contributed by atoms with Crippen molar-refractivity contribution in [2.75, 3.05) is 14.2 Å². The quantitative estimate of drug-likeness (QED) is 0.330. The van der Waals surface area contributed by atoms with Crippen molar-refractivity contribution in [1.82, 2.24) is 15.0 Å². The highest BCUT2D eigenvalue weighted by Gasteiger charge is 2.11. The summed E-state index contributed by atoms with van der Waals surface area (Å²) < 4.78 is 10.7. The Morgan fingerprint density at radius 3 is 2.77 bits per heavy atom. The van der Waals surface area contributed by atoms with E-state index in [1.807, 2.05) is 23.6 Å². The van der Waals surface area contributed by atoms with Crippen LogP contribution in [-0.4, -0.2) is 29.2 Å². The van der Waals surface area contributed by atoms with Crippen LogP contribution in [0.25, 0.3) is 20.8 Å². The molecule has 0 radical (unpaired) electrons. The largest absolute Gasteiger partial charge is 0.493 e. The van der Waals surface area contributed by atoms with Crippen LogP contribution in [0.3, 0.4) is 0 Å². The summed E-state index contributed by atoms with van der Waals surface area (Å²) in [5.41, 5.74) is 2.05. The van der Waals surface area contributed by atoms with E-state index in [0.29, 0.717) is 11.5 Å². The van der Waals surface area contributed by atoms with Crippen molar-refractivity contribution in [3.05, 3.63) is 47.0 Å². The molecule has 5 nitrogen and oxygen atoms in total. The molecule has 0 amide bonds. The van der Waals surface area contributed by atoms with Gasteiger partial charge >= 0.3 is 0 Å². The average Bonchev–Trinajstić information content (AvgIpc) is 3.35. The number of hydrogen-bond acceptors (Lipinski definition) is 8. The number of thiophene rings is 1. The molecule has 0 saturated heterocycles. The summed E-state index contributed by atoms with van der Waals surface area (Å²) in [6, 6.07) is 7.92. The highest BCUT2D eigenvalue weighted by Crippen LogP contribution is 2.35. The molecule has 0 N–H and O–H groups in total. The maximum absolute atomic E-state index is 5.38. The molecule has 3 aromatic heterocycles. The average molecular weight is 402 g/mol. The number of fused-ring (bicyclic) bond motifs is 1. The Morgan fingerprint density at radius 2 is 1.92 bits per heavy atom. The van der Waals surface area contributed by atoms with Crippen LogP contribution < -0.4 is 9.47 Å². The number of hydrogen-bond donors (Lipinski definition) is 0. The van der Waals surface area contributed by atoms with Crippen LogP contribution in [0.15, 0.2) is 46.4 Å². The van der Waals surface area contributed by atoms with E-state index < -0.39 is 0 Å². The van der Waals surface area contributed by atoms with E-state index in [2.05, 4.69) is 21.4 Å². The zero-order valence-electron chi connectivity index (χ0n) is 14.1. The van der Waals surface area contributed by atoms with Gasteiger partial charge in [-0.1, -0.05) is 11.8 Å². The molecule has 0 aliphatic carbocycles. The van der Waals surface area contributed by atoms with E-state index in [1.54, 1.807) is 55.0 Å². The molecule has 4 rings (SSSR count). The first-order valence-corrected chi connectivity index (χ1v) is 10.5. The number of ether oxygens (including phenoxy) is 2. The normalized spacial score (nSPS) is 11.0. The maximum Gasteiger partial charge on any atom is 0.161 e. The fourth-order valence-corrected chi connectivity index (χ4v) is 5.09. The standard InChI is InChI=1S/C18H15N3O2S3/c1-22-14-4-3-11(7-15(14)23-2)16-21-12(8-25-16)9-26-18-13-5-6-24-17(13)19-10-20-18/h3-8,10H,9H2,1-2H3. The molecule has 0 unspecified atom stereocenters. The third-order valence-electron chi connectivity index (χ3n) is 3.76. The maximum atomic E-state index is 5.38. The lowest BCUT2D eigenvalue weighted by atomic mass is 10.2. The number of methoxy groups -OCH3 is 2. The molecular formula is C18H15N3O2S3. The third kappa shape index (κ3) is 3.40. The molecule has 0 aliphatic heterocycles. The Kier molecular flexibility index (Phi) is 5.05. The minimum Gasteiger partial charge on any atom is -0.493 e. The summed E-state index contributed by atoms with van der Waals surface area (Å²) in [5.74, 6) is 2.19. The predicted molar refractivity (Wildman–Crippen MR) is 108 cm³/mol.